The van der Waals surface area contributed by atoms with Crippen LogP contribution < -0.4 is 0 Å². The maximum atomic E-state index is 9.89. The second-order valence-corrected chi connectivity index (χ2v) is 13.3. The molecule has 0 radical (unpaired) electrons. The lowest BCUT2D eigenvalue weighted by Crippen LogP contribution is -1.94. The molecule has 3 aromatic heterocycles. The Labute approximate surface area is 359 Å². The van der Waals surface area contributed by atoms with E-state index in [-0.39, 0.29) is 94.3 Å². The van der Waals surface area contributed by atoms with Gasteiger partial charge in [-0.2, -0.15) is 0 Å². The van der Waals surface area contributed by atoms with E-state index in [1.54, 1.807) is 60.7 Å². The van der Waals surface area contributed by atoms with Gasteiger partial charge in [0.15, 0.2) is 0 Å². The topological polar surface area (TPSA) is 14.8 Å². The monoisotopic (exact) mass is 746 g/mol. The Kier molecular flexibility index (Phi) is 3.81. The Morgan fingerprint density at radius 3 is 0.965 bits per heavy atom. The molecule has 0 fully saturated rings. The van der Waals surface area contributed by atoms with E-state index in [1.165, 1.54) is 38.0 Å². The number of fused-ring (bicyclic) bond motifs is 9. The minimum Gasteiger partial charge on any atom is -0.309 e. The summed E-state index contributed by atoms with van der Waals surface area (Å²) < 4.78 is 196. The first kappa shape index (κ1) is 17.5. The van der Waals surface area contributed by atoms with Crippen LogP contribution in [0.3, 0.4) is 0 Å². The predicted octanol–water partition coefficient (Wildman–Crippen LogP) is 14.3. The lowest BCUT2D eigenvalue weighted by Gasteiger charge is -2.11. The summed E-state index contributed by atoms with van der Waals surface area (Å²) in [6.45, 7) is 0. The molecule has 12 aromatic rings. The van der Waals surface area contributed by atoms with Crippen molar-refractivity contribution in [2.24, 2.45) is 0 Å². The Bertz CT molecular complexity index is 4720. The Hall–Kier alpha value is -7.62. The van der Waals surface area contributed by atoms with E-state index in [2.05, 4.69) is 0 Å². The lowest BCUT2D eigenvalue weighted by molar-refractivity contribution is 1.18. The van der Waals surface area contributed by atoms with Crippen LogP contribution in [0, 0.1) is 0 Å². The minimum absolute atomic E-state index is 0.00496. The van der Waals surface area contributed by atoms with Crippen molar-refractivity contribution in [2.45, 2.75) is 0 Å². The molecule has 12 rings (SSSR count). The highest BCUT2D eigenvalue weighted by Gasteiger charge is 2.17. The van der Waals surface area contributed by atoms with E-state index in [1.807, 2.05) is 0 Å². The van der Waals surface area contributed by atoms with Crippen LogP contribution >= 0.6 is 0 Å². The summed E-state index contributed by atoms with van der Waals surface area (Å²) in [6.07, 6.45) is 0. The SMILES string of the molecule is [2H]c1c([2H])c([2H])c2c(c1[2H])c1c([2H])c(-c3ccc(-n4c5c([2H])c([2H])c([2H])c([2H])c5c5c([2H])c(-c6c([2H])c([2H])c7c(c6[2H])c6c([2H])c([2H])c([2H])c([2H])c6n7-c6ccccc6)c([2H])c([2H])c54)cc3)c([2H])c([2H])c1n2-c1ccccc1. The number of para-hydroxylation sites is 5. The van der Waals surface area contributed by atoms with Crippen molar-refractivity contribution in [2.75, 3.05) is 0 Å². The largest absolute Gasteiger partial charge is 0.309 e. The fraction of sp³-hybridized carbons (Fsp3) is 0. The molecule has 0 saturated heterocycles. The molecule has 0 spiro atoms. The Morgan fingerprint density at radius 1 is 0.263 bits per heavy atom. The number of hydrogen-bond acceptors (Lipinski definition) is 0. The van der Waals surface area contributed by atoms with E-state index >= 15 is 0 Å². The van der Waals surface area contributed by atoms with Gasteiger partial charge in [-0.25, -0.2) is 0 Å². The number of nitrogens with zero attached hydrogens (tertiary/aromatic N) is 3. The van der Waals surface area contributed by atoms with Crippen LogP contribution in [0.4, 0.5) is 0 Å². The van der Waals surface area contributed by atoms with Gasteiger partial charge in [-0.05, 0) is 113 Å². The minimum atomic E-state index is -0.737. The molecule has 3 nitrogen and oxygen atoms in total. The van der Waals surface area contributed by atoms with Crippen LogP contribution in [0.25, 0.3) is 105 Å². The highest BCUT2D eigenvalue weighted by molar-refractivity contribution is 6.13. The molecule has 9 aromatic carbocycles. The number of rotatable bonds is 5. The third-order valence-electron chi connectivity index (χ3n) is 10.2. The maximum Gasteiger partial charge on any atom is 0.0645 e. The number of aromatic nitrogens is 3. The zero-order valence-electron chi connectivity index (χ0n) is 50.4. The van der Waals surface area contributed by atoms with Crippen LogP contribution in [-0.2, 0) is 0 Å². The molecule has 0 atom stereocenters. The molecule has 0 aliphatic carbocycles. The van der Waals surface area contributed by atoms with Crippen molar-refractivity contribution in [1.29, 1.82) is 0 Å². The Morgan fingerprint density at radius 2 is 0.579 bits per heavy atom. The van der Waals surface area contributed by atoms with Gasteiger partial charge in [0.2, 0.25) is 0 Å². The second-order valence-electron chi connectivity index (χ2n) is 13.3. The van der Waals surface area contributed by atoms with Gasteiger partial charge in [0.05, 0.1) is 61.9 Å². The summed E-state index contributed by atoms with van der Waals surface area (Å²) in [5.74, 6) is 0. The van der Waals surface area contributed by atoms with Crippen molar-refractivity contribution in [3.63, 3.8) is 0 Å². The molecule has 266 valence electrons. The summed E-state index contributed by atoms with van der Waals surface area (Å²) in [7, 11) is 0. The first-order chi connectivity index (χ1) is 37.1. The van der Waals surface area contributed by atoms with E-state index in [9.17, 15) is 15.1 Å². The second kappa shape index (κ2) is 12.5. The zero-order valence-corrected chi connectivity index (χ0v) is 29.4. The molecule has 3 heteroatoms. The molecule has 57 heavy (non-hydrogen) atoms. The van der Waals surface area contributed by atoms with E-state index in [0.29, 0.717) is 11.4 Å². The highest BCUT2D eigenvalue weighted by atomic mass is 15.0. The van der Waals surface area contributed by atoms with Gasteiger partial charge in [0.1, 0.15) is 0 Å². The van der Waals surface area contributed by atoms with Crippen molar-refractivity contribution >= 4 is 65.4 Å². The average molecular weight is 747 g/mol. The van der Waals surface area contributed by atoms with E-state index in [0.717, 1.165) is 0 Å². The van der Waals surface area contributed by atoms with Gasteiger partial charge in [0, 0.05) is 49.4 Å². The number of benzene rings is 9. The summed E-state index contributed by atoms with van der Waals surface area (Å²) in [4.78, 5) is 0. The molecule has 0 aliphatic heterocycles. The summed E-state index contributed by atoms with van der Waals surface area (Å²) in [6, 6.07) is 10.8. The normalized spacial score (nSPS) is 17.0. The summed E-state index contributed by atoms with van der Waals surface area (Å²) >= 11 is 0. The molecule has 3 heterocycles. The van der Waals surface area contributed by atoms with Gasteiger partial charge in [-0.1, -0.05) is 121 Å². The molecule has 0 unspecified atom stereocenters. The van der Waals surface area contributed by atoms with Crippen molar-refractivity contribution in [3.8, 4) is 39.3 Å². The predicted molar refractivity (Wildman–Crippen MR) is 240 cm³/mol. The molecule has 0 N–H and O–H groups in total. The smallest absolute Gasteiger partial charge is 0.0645 e. The molecule has 0 bridgehead atoms. The third kappa shape index (κ3) is 4.86. The van der Waals surface area contributed by atoms with Gasteiger partial charge in [0.25, 0.3) is 0 Å². The maximum absolute atomic E-state index is 9.89. The highest BCUT2D eigenvalue weighted by Crippen LogP contribution is 2.39. The molecular weight excluding hydrogens is 691 g/mol. The molecule has 0 amide bonds. The molecule has 0 saturated carbocycles. The van der Waals surface area contributed by atoms with E-state index in [4.69, 9.17) is 13.7 Å². The van der Waals surface area contributed by atoms with Crippen molar-refractivity contribution in [1.82, 2.24) is 13.7 Å². The lowest BCUT2D eigenvalue weighted by atomic mass is 10.0. The van der Waals surface area contributed by atoms with Gasteiger partial charge < -0.3 is 13.7 Å². The van der Waals surface area contributed by atoms with Crippen LogP contribution in [0.2, 0.25) is 0 Å². The van der Waals surface area contributed by atoms with Gasteiger partial charge in [-0.15, -0.1) is 0 Å². The van der Waals surface area contributed by atoms with Crippen molar-refractivity contribution < 1.29 is 28.8 Å². The van der Waals surface area contributed by atoms with Crippen LogP contribution in [0.15, 0.2) is 212 Å². The summed E-state index contributed by atoms with van der Waals surface area (Å²) in [5, 5.41) is -0.931. The standard InChI is InChI=1S/C54H35N3/c1-3-13-40(14-4-1)55-49-20-10-7-17-43(49)46-33-37(25-30-52(46)55)36-23-28-42(29-24-36)57-51-22-12-9-19-45(51)48-35-39(27-32-54(48)57)38-26-31-53-47(34-38)44-18-8-11-21-50(44)56(53)41-15-5-2-6-16-41/h1-35H/i7D,8D,9D,10D,11D,12D,17D,18D,19D,20D,21D,22D,25D,26D,27D,30D,31D,32D,33D,34D,35D. The van der Waals surface area contributed by atoms with Crippen LogP contribution in [0.5, 0.6) is 0 Å². The van der Waals surface area contributed by atoms with E-state index < -0.39 is 126 Å². The first-order valence-electron chi connectivity index (χ1n) is 28.4. The van der Waals surface area contributed by atoms with Gasteiger partial charge >= 0.3 is 0 Å². The zero-order chi connectivity index (χ0) is 55.7. The average Bonchev–Trinajstić information content (AvgIpc) is 3.61. The first-order valence-corrected chi connectivity index (χ1v) is 17.9. The van der Waals surface area contributed by atoms with Crippen molar-refractivity contribution in [3.05, 3.63) is 212 Å². The molecule has 0 aliphatic rings. The van der Waals surface area contributed by atoms with Crippen LogP contribution in [0.1, 0.15) is 28.8 Å². The molecular formula is C54H35N3. The Balaban J connectivity index is 1.13. The quantitative estimate of drug-likeness (QED) is 0.167. The fourth-order valence-electron chi connectivity index (χ4n) is 7.64. The summed E-state index contributed by atoms with van der Waals surface area (Å²) in [5.41, 5.74) is -0.693. The fourth-order valence-corrected chi connectivity index (χ4v) is 7.64. The number of hydrogen-bond donors (Lipinski definition) is 0. The van der Waals surface area contributed by atoms with Gasteiger partial charge in [-0.3, -0.25) is 0 Å². The van der Waals surface area contributed by atoms with Crippen LogP contribution in [-0.4, -0.2) is 13.7 Å². The third-order valence-corrected chi connectivity index (χ3v) is 10.2.